The van der Waals surface area contributed by atoms with Crippen molar-refractivity contribution >= 4 is 5.91 Å². The van der Waals surface area contributed by atoms with E-state index in [4.69, 9.17) is 0 Å². The van der Waals surface area contributed by atoms with Crippen molar-refractivity contribution in [3.8, 4) is 11.4 Å². The van der Waals surface area contributed by atoms with Crippen LogP contribution in [0.1, 0.15) is 28.8 Å². The highest BCUT2D eigenvalue weighted by Gasteiger charge is 2.24. The van der Waals surface area contributed by atoms with Crippen molar-refractivity contribution in [1.29, 1.82) is 0 Å². The summed E-state index contributed by atoms with van der Waals surface area (Å²) in [7, 11) is 1.92. The number of piperidine rings is 1. The lowest BCUT2D eigenvalue weighted by atomic mass is 10.0. The van der Waals surface area contributed by atoms with Gasteiger partial charge in [-0.15, -0.1) is 0 Å². The standard InChI is InChI=1S/C23H25FN4O/c1-27-14-12-25-22(27)19-9-3-4-10-20(19)23(29)26-18-8-6-13-28(16-18)15-17-7-2-5-11-21(17)24/h2-5,7,9-12,14,18H,6,8,13,15-16H2,1H3,(H,26,29). The van der Waals surface area contributed by atoms with Gasteiger partial charge in [0.25, 0.3) is 5.91 Å². The number of aryl methyl sites for hydroxylation is 1. The van der Waals surface area contributed by atoms with Crippen molar-refractivity contribution in [3.63, 3.8) is 0 Å². The third-order valence-electron chi connectivity index (χ3n) is 5.43. The Morgan fingerprint density at radius 1 is 1.21 bits per heavy atom. The van der Waals surface area contributed by atoms with E-state index in [9.17, 15) is 9.18 Å². The highest BCUT2D eigenvalue weighted by atomic mass is 19.1. The Hall–Kier alpha value is -2.99. The summed E-state index contributed by atoms with van der Waals surface area (Å²) in [5.41, 5.74) is 2.13. The molecule has 150 valence electrons. The Morgan fingerprint density at radius 3 is 2.79 bits per heavy atom. The van der Waals surface area contributed by atoms with Crippen LogP contribution < -0.4 is 5.32 Å². The molecule has 1 amide bonds. The smallest absolute Gasteiger partial charge is 0.252 e. The number of rotatable bonds is 5. The normalized spacial score (nSPS) is 17.2. The lowest BCUT2D eigenvalue weighted by molar-refractivity contribution is 0.0900. The molecular formula is C23H25FN4O. The molecule has 1 aromatic heterocycles. The van der Waals surface area contributed by atoms with Crippen LogP contribution in [0.15, 0.2) is 60.9 Å². The van der Waals surface area contributed by atoms with Crippen molar-refractivity contribution in [1.82, 2.24) is 19.8 Å². The number of hydrogen-bond donors (Lipinski definition) is 1. The fourth-order valence-electron chi connectivity index (χ4n) is 3.95. The fourth-order valence-corrected chi connectivity index (χ4v) is 3.95. The minimum Gasteiger partial charge on any atom is -0.348 e. The number of amides is 1. The lowest BCUT2D eigenvalue weighted by Crippen LogP contribution is -2.47. The fraction of sp³-hybridized carbons (Fsp3) is 0.304. The Bertz CT molecular complexity index is 1000. The minimum absolute atomic E-state index is 0.0393. The van der Waals surface area contributed by atoms with E-state index in [1.54, 1.807) is 12.3 Å². The van der Waals surface area contributed by atoms with Gasteiger partial charge in [-0.05, 0) is 31.5 Å². The second-order valence-corrected chi connectivity index (χ2v) is 7.55. The molecule has 0 radical (unpaired) electrons. The van der Waals surface area contributed by atoms with Crippen molar-refractivity contribution in [3.05, 3.63) is 77.9 Å². The Balaban J connectivity index is 1.45. The molecule has 0 saturated carbocycles. The molecule has 1 atom stereocenters. The maximum absolute atomic E-state index is 14.0. The molecule has 4 rings (SSSR count). The first kappa shape index (κ1) is 19.3. The number of nitrogens with one attached hydrogen (secondary N) is 1. The number of nitrogens with zero attached hydrogens (tertiary/aromatic N) is 3. The average Bonchev–Trinajstić information content (AvgIpc) is 3.16. The van der Waals surface area contributed by atoms with Gasteiger partial charge < -0.3 is 9.88 Å². The first-order chi connectivity index (χ1) is 14.1. The number of likely N-dealkylation sites (tertiary alicyclic amines) is 1. The van der Waals surface area contributed by atoms with Crippen LogP contribution in [0, 0.1) is 5.82 Å². The van der Waals surface area contributed by atoms with E-state index in [0.717, 1.165) is 30.8 Å². The predicted molar refractivity (Wildman–Crippen MR) is 111 cm³/mol. The number of carbonyl (C=O) groups excluding carboxylic acids is 1. The summed E-state index contributed by atoms with van der Waals surface area (Å²) < 4.78 is 15.9. The molecule has 1 fully saturated rings. The number of hydrogen-bond acceptors (Lipinski definition) is 3. The molecule has 2 aromatic carbocycles. The van der Waals surface area contributed by atoms with Gasteiger partial charge in [0.05, 0.1) is 5.56 Å². The number of halogens is 1. The van der Waals surface area contributed by atoms with E-state index < -0.39 is 0 Å². The molecule has 3 aromatic rings. The summed E-state index contributed by atoms with van der Waals surface area (Å²) in [4.78, 5) is 19.6. The molecule has 1 unspecified atom stereocenters. The zero-order valence-corrected chi connectivity index (χ0v) is 16.5. The van der Waals surface area contributed by atoms with Crippen molar-refractivity contribution < 1.29 is 9.18 Å². The van der Waals surface area contributed by atoms with Gasteiger partial charge in [-0.1, -0.05) is 36.4 Å². The first-order valence-corrected chi connectivity index (χ1v) is 9.95. The molecule has 1 aliphatic rings. The Labute approximate surface area is 170 Å². The van der Waals surface area contributed by atoms with Crippen LogP contribution in [-0.4, -0.2) is 39.5 Å². The molecule has 1 saturated heterocycles. The maximum atomic E-state index is 14.0. The van der Waals surface area contributed by atoms with Gasteiger partial charge >= 0.3 is 0 Å². The quantitative estimate of drug-likeness (QED) is 0.722. The van der Waals surface area contributed by atoms with Gasteiger partial charge in [0.2, 0.25) is 0 Å². The van der Waals surface area contributed by atoms with Crippen molar-refractivity contribution in [2.45, 2.75) is 25.4 Å². The number of aromatic nitrogens is 2. The summed E-state index contributed by atoms with van der Waals surface area (Å²) in [5, 5.41) is 3.18. The molecule has 29 heavy (non-hydrogen) atoms. The summed E-state index contributed by atoms with van der Waals surface area (Å²) in [6.07, 6.45) is 5.49. The second kappa shape index (κ2) is 8.57. The average molecular weight is 392 g/mol. The third kappa shape index (κ3) is 4.38. The maximum Gasteiger partial charge on any atom is 0.252 e. The topological polar surface area (TPSA) is 50.2 Å². The summed E-state index contributed by atoms with van der Waals surface area (Å²) in [6.45, 7) is 2.18. The molecule has 0 bridgehead atoms. The third-order valence-corrected chi connectivity index (χ3v) is 5.43. The van der Waals surface area contributed by atoms with E-state index in [1.807, 2.05) is 54.2 Å². The zero-order valence-electron chi connectivity index (χ0n) is 16.5. The van der Waals surface area contributed by atoms with Gasteiger partial charge in [-0.3, -0.25) is 9.69 Å². The summed E-state index contributed by atoms with van der Waals surface area (Å²) in [6, 6.07) is 14.4. The van der Waals surface area contributed by atoms with Crippen LogP contribution in [0.4, 0.5) is 4.39 Å². The SMILES string of the molecule is Cn1ccnc1-c1ccccc1C(=O)NC1CCCN(Cc2ccccc2F)C1. The van der Waals surface area contributed by atoms with Crippen LogP contribution in [-0.2, 0) is 13.6 Å². The van der Waals surface area contributed by atoms with Crippen LogP contribution in [0.5, 0.6) is 0 Å². The molecule has 1 aliphatic heterocycles. The second-order valence-electron chi connectivity index (χ2n) is 7.55. The van der Waals surface area contributed by atoms with E-state index in [1.165, 1.54) is 6.07 Å². The summed E-state index contributed by atoms with van der Waals surface area (Å²) in [5.74, 6) is 0.490. The highest BCUT2D eigenvalue weighted by Crippen LogP contribution is 2.22. The summed E-state index contributed by atoms with van der Waals surface area (Å²) >= 11 is 0. The van der Waals surface area contributed by atoms with E-state index >= 15 is 0 Å². The molecule has 1 N–H and O–H groups in total. The molecule has 2 heterocycles. The van der Waals surface area contributed by atoms with Gasteiger partial charge in [-0.25, -0.2) is 9.37 Å². The minimum atomic E-state index is -0.178. The zero-order chi connectivity index (χ0) is 20.2. The Kier molecular flexibility index (Phi) is 5.71. The Morgan fingerprint density at radius 2 is 2.00 bits per heavy atom. The van der Waals surface area contributed by atoms with Crippen LogP contribution in [0.3, 0.4) is 0 Å². The first-order valence-electron chi connectivity index (χ1n) is 9.95. The predicted octanol–water partition coefficient (Wildman–Crippen LogP) is 3.62. The van der Waals surface area contributed by atoms with Crippen LogP contribution >= 0.6 is 0 Å². The van der Waals surface area contributed by atoms with Gasteiger partial charge in [0.1, 0.15) is 11.6 Å². The van der Waals surface area contributed by atoms with Gasteiger partial charge in [-0.2, -0.15) is 0 Å². The number of benzene rings is 2. The largest absolute Gasteiger partial charge is 0.348 e. The molecule has 6 heteroatoms. The monoisotopic (exact) mass is 392 g/mol. The van der Waals surface area contributed by atoms with Gasteiger partial charge in [0, 0.05) is 49.7 Å². The van der Waals surface area contributed by atoms with Crippen LogP contribution in [0.25, 0.3) is 11.4 Å². The van der Waals surface area contributed by atoms with Crippen molar-refractivity contribution in [2.75, 3.05) is 13.1 Å². The van der Waals surface area contributed by atoms with Gasteiger partial charge in [0.15, 0.2) is 0 Å². The number of imidazole rings is 1. The van der Waals surface area contributed by atoms with Crippen LogP contribution in [0.2, 0.25) is 0 Å². The molecular weight excluding hydrogens is 367 g/mol. The lowest BCUT2D eigenvalue weighted by Gasteiger charge is -2.33. The number of carbonyl (C=O) groups is 1. The molecule has 0 aliphatic carbocycles. The van der Waals surface area contributed by atoms with E-state index in [0.29, 0.717) is 24.2 Å². The van der Waals surface area contributed by atoms with E-state index in [-0.39, 0.29) is 17.8 Å². The highest BCUT2D eigenvalue weighted by molar-refractivity contribution is 6.00. The van der Waals surface area contributed by atoms with E-state index in [2.05, 4.69) is 15.2 Å². The molecule has 5 nitrogen and oxygen atoms in total. The van der Waals surface area contributed by atoms with Crippen molar-refractivity contribution in [2.24, 2.45) is 7.05 Å². The molecule has 0 spiro atoms.